The minimum absolute atomic E-state index is 0.208. The number of thioether (sulfide) groups is 1. The van der Waals surface area contributed by atoms with E-state index < -0.39 is 0 Å². The lowest BCUT2D eigenvalue weighted by molar-refractivity contribution is 0.0987. The van der Waals surface area contributed by atoms with E-state index in [9.17, 15) is 4.79 Å². The molecule has 0 bridgehead atoms. The molecule has 0 unspecified atom stereocenters. The summed E-state index contributed by atoms with van der Waals surface area (Å²) in [6.45, 7) is 7.86. The van der Waals surface area contributed by atoms with Crippen LogP contribution < -0.4 is 0 Å². The smallest absolute Gasteiger partial charge is 0.169 e. The molecule has 0 N–H and O–H groups in total. The number of hydrogen-bond donors (Lipinski definition) is 0. The lowest BCUT2D eigenvalue weighted by Gasteiger charge is -2.17. The summed E-state index contributed by atoms with van der Waals surface area (Å²) < 4.78 is 0. The van der Waals surface area contributed by atoms with Gasteiger partial charge in [0.05, 0.1) is 13.0 Å². The first-order valence-corrected chi connectivity index (χ1v) is 7.73. The molecule has 4 heteroatoms. The summed E-state index contributed by atoms with van der Waals surface area (Å²) >= 11 is 1.63. The predicted molar refractivity (Wildman–Crippen MR) is 84.3 cm³/mol. The van der Waals surface area contributed by atoms with Crippen LogP contribution in [-0.4, -0.2) is 28.9 Å². The fourth-order valence-corrected chi connectivity index (χ4v) is 3.94. The molecular weight excluding hydrogens is 268 g/mol. The zero-order valence-corrected chi connectivity index (χ0v) is 12.9. The summed E-state index contributed by atoms with van der Waals surface area (Å²) in [6, 6.07) is 4.17. The van der Waals surface area contributed by atoms with Crippen LogP contribution in [0.2, 0.25) is 0 Å². The summed E-state index contributed by atoms with van der Waals surface area (Å²) in [5.41, 5.74) is 5.34. The van der Waals surface area contributed by atoms with E-state index in [4.69, 9.17) is 0 Å². The number of nitrogens with zero attached hydrogens (tertiary/aromatic N) is 2. The van der Waals surface area contributed by atoms with Gasteiger partial charge >= 0.3 is 0 Å². The monoisotopic (exact) mass is 286 g/mol. The topological polar surface area (TPSA) is 32.7 Å². The molecule has 0 atom stereocenters. The van der Waals surface area contributed by atoms with Crippen LogP contribution in [0.15, 0.2) is 28.2 Å². The Morgan fingerprint density at radius 1 is 1.30 bits per heavy atom. The van der Waals surface area contributed by atoms with Crippen molar-refractivity contribution in [3.05, 3.63) is 45.5 Å². The third-order valence-corrected chi connectivity index (χ3v) is 4.70. The van der Waals surface area contributed by atoms with Crippen LogP contribution in [0.5, 0.6) is 0 Å². The number of fused-ring (bicyclic) bond motifs is 1. The molecule has 0 saturated carbocycles. The third kappa shape index (κ3) is 2.29. The van der Waals surface area contributed by atoms with Crippen LogP contribution >= 0.6 is 11.8 Å². The lowest BCUT2D eigenvalue weighted by atomic mass is 9.94. The Kier molecular flexibility index (Phi) is 3.42. The number of aryl methyl sites for hydroxylation is 3. The summed E-state index contributed by atoms with van der Waals surface area (Å²) in [7, 11) is 0. The molecule has 0 radical (unpaired) electrons. The molecule has 104 valence electrons. The minimum Gasteiger partial charge on any atom is -0.322 e. The first-order chi connectivity index (χ1) is 9.56. The average molecular weight is 286 g/mol. The molecule has 3 nitrogen and oxygen atoms in total. The standard InChI is InChI=1S/C16H18N2OS/c1-10-6-11(2)15(12(3)7-10)14(19)8-13-9-20-16-17-4-5-18(13)16/h6-7,9H,4-5,8H2,1-3H3. The highest BCUT2D eigenvalue weighted by Crippen LogP contribution is 2.32. The fourth-order valence-electron chi connectivity index (χ4n) is 2.99. The van der Waals surface area contributed by atoms with Crippen molar-refractivity contribution in [3.63, 3.8) is 0 Å². The number of Topliss-reactive ketones (excluding diaryl/α,β-unsaturated/α-hetero) is 1. The van der Waals surface area contributed by atoms with Crippen LogP contribution in [0.3, 0.4) is 0 Å². The number of carbonyl (C=O) groups is 1. The highest BCUT2D eigenvalue weighted by Gasteiger charge is 2.28. The van der Waals surface area contributed by atoms with Gasteiger partial charge in [-0.25, -0.2) is 0 Å². The van der Waals surface area contributed by atoms with E-state index in [0.29, 0.717) is 6.42 Å². The fraction of sp³-hybridized carbons (Fsp3) is 0.375. The van der Waals surface area contributed by atoms with E-state index in [-0.39, 0.29) is 5.78 Å². The van der Waals surface area contributed by atoms with Crippen LogP contribution in [0.25, 0.3) is 0 Å². The second kappa shape index (κ2) is 5.09. The van der Waals surface area contributed by atoms with Gasteiger partial charge < -0.3 is 4.90 Å². The Morgan fingerprint density at radius 3 is 2.70 bits per heavy atom. The normalized spacial score (nSPS) is 17.1. The quantitative estimate of drug-likeness (QED) is 0.798. The molecule has 0 spiro atoms. The molecule has 0 aromatic heterocycles. The van der Waals surface area contributed by atoms with Crippen molar-refractivity contribution in [2.45, 2.75) is 27.2 Å². The van der Waals surface area contributed by atoms with Gasteiger partial charge in [0.25, 0.3) is 0 Å². The molecule has 2 aliphatic heterocycles. The number of carbonyl (C=O) groups excluding carboxylic acids is 1. The Labute approximate surface area is 123 Å². The van der Waals surface area contributed by atoms with E-state index in [1.807, 2.05) is 13.8 Å². The largest absolute Gasteiger partial charge is 0.322 e. The van der Waals surface area contributed by atoms with E-state index in [0.717, 1.165) is 40.6 Å². The Hall–Kier alpha value is -1.55. The van der Waals surface area contributed by atoms with E-state index >= 15 is 0 Å². The molecule has 0 fully saturated rings. The van der Waals surface area contributed by atoms with Gasteiger partial charge in [0, 0.05) is 17.8 Å². The molecule has 0 amide bonds. The van der Waals surface area contributed by atoms with Gasteiger partial charge in [-0.05, 0) is 37.3 Å². The van der Waals surface area contributed by atoms with E-state index in [1.165, 1.54) is 5.56 Å². The van der Waals surface area contributed by atoms with Crippen molar-refractivity contribution in [1.82, 2.24) is 4.90 Å². The molecule has 1 aromatic rings. The summed E-state index contributed by atoms with van der Waals surface area (Å²) in [5, 5.41) is 3.11. The molecule has 2 heterocycles. The van der Waals surface area contributed by atoms with E-state index in [1.54, 1.807) is 11.8 Å². The number of rotatable bonds is 3. The number of aliphatic imine (C=N–C) groups is 1. The van der Waals surface area contributed by atoms with Crippen LogP contribution in [0, 0.1) is 20.8 Å². The zero-order chi connectivity index (χ0) is 14.3. The highest BCUT2D eigenvalue weighted by molar-refractivity contribution is 8.16. The maximum atomic E-state index is 12.6. The van der Waals surface area contributed by atoms with E-state index in [2.05, 4.69) is 34.4 Å². The van der Waals surface area contributed by atoms with Crippen LogP contribution in [0.1, 0.15) is 33.5 Å². The predicted octanol–water partition coefficient (Wildman–Crippen LogP) is 3.44. The van der Waals surface area contributed by atoms with Gasteiger partial charge in [-0.2, -0.15) is 0 Å². The number of amidine groups is 1. The van der Waals surface area contributed by atoms with Crippen molar-refractivity contribution in [2.24, 2.45) is 4.99 Å². The Bertz CT molecular complexity index is 623. The molecule has 0 aliphatic carbocycles. The van der Waals surface area contributed by atoms with Gasteiger partial charge in [0.2, 0.25) is 0 Å². The molecular formula is C16H18N2OS. The SMILES string of the molecule is Cc1cc(C)c(C(=O)CC2=CSC3=NCCN23)c(C)c1. The molecule has 2 aliphatic rings. The van der Waals surface area contributed by atoms with Crippen molar-refractivity contribution in [2.75, 3.05) is 13.1 Å². The van der Waals surface area contributed by atoms with Crippen LogP contribution in [-0.2, 0) is 0 Å². The first-order valence-electron chi connectivity index (χ1n) is 6.85. The van der Waals surface area contributed by atoms with Gasteiger partial charge in [0.15, 0.2) is 11.0 Å². The summed E-state index contributed by atoms with van der Waals surface area (Å²) in [5.74, 6) is 0.208. The zero-order valence-electron chi connectivity index (χ0n) is 12.1. The van der Waals surface area contributed by atoms with Gasteiger partial charge in [-0.15, -0.1) is 0 Å². The Balaban J connectivity index is 1.83. The molecule has 20 heavy (non-hydrogen) atoms. The average Bonchev–Trinajstić information content (AvgIpc) is 2.92. The van der Waals surface area contributed by atoms with Crippen molar-refractivity contribution < 1.29 is 4.79 Å². The third-order valence-electron chi connectivity index (χ3n) is 3.75. The number of benzene rings is 1. The van der Waals surface area contributed by atoms with Crippen molar-refractivity contribution in [3.8, 4) is 0 Å². The summed E-state index contributed by atoms with van der Waals surface area (Å²) in [6.07, 6.45) is 0.469. The lowest BCUT2D eigenvalue weighted by Crippen LogP contribution is -2.22. The van der Waals surface area contributed by atoms with Gasteiger partial charge in [-0.3, -0.25) is 9.79 Å². The summed E-state index contributed by atoms with van der Waals surface area (Å²) in [4.78, 5) is 19.2. The maximum absolute atomic E-state index is 12.6. The van der Waals surface area contributed by atoms with Gasteiger partial charge in [-0.1, -0.05) is 29.5 Å². The molecule has 3 rings (SSSR count). The molecule has 1 aromatic carbocycles. The second-order valence-corrected chi connectivity index (χ2v) is 6.25. The maximum Gasteiger partial charge on any atom is 0.169 e. The Morgan fingerprint density at radius 2 is 2.00 bits per heavy atom. The van der Waals surface area contributed by atoms with Crippen LogP contribution in [0.4, 0.5) is 0 Å². The van der Waals surface area contributed by atoms with Crippen molar-refractivity contribution >= 4 is 22.7 Å². The van der Waals surface area contributed by atoms with Gasteiger partial charge in [0.1, 0.15) is 0 Å². The second-order valence-electron chi connectivity index (χ2n) is 5.42. The number of hydrogen-bond acceptors (Lipinski definition) is 4. The minimum atomic E-state index is 0.208. The number of ketones is 1. The first kappa shape index (κ1) is 13.4. The highest BCUT2D eigenvalue weighted by atomic mass is 32.2. The van der Waals surface area contributed by atoms with Crippen molar-refractivity contribution in [1.29, 1.82) is 0 Å². The number of allylic oxidation sites excluding steroid dienone is 1. The molecule has 0 saturated heterocycles.